The molecule has 162 valence electrons. The number of nitrogens with zero attached hydrogens (tertiary/aromatic N) is 2. The third-order valence-corrected chi connectivity index (χ3v) is 7.23. The minimum atomic E-state index is -3.36. The van der Waals surface area contributed by atoms with Gasteiger partial charge in [0.15, 0.2) is 5.13 Å². The Kier molecular flexibility index (Phi) is 5.88. The van der Waals surface area contributed by atoms with Crippen molar-refractivity contribution >= 4 is 38.1 Å². The predicted molar refractivity (Wildman–Crippen MR) is 114 cm³/mol. The van der Waals surface area contributed by atoms with Gasteiger partial charge in [-0.2, -0.15) is 8.78 Å². The van der Waals surface area contributed by atoms with Crippen LogP contribution in [0, 0.1) is 0 Å². The van der Waals surface area contributed by atoms with Crippen molar-refractivity contribution in [3.8, 4) is 17.0 Å². The van der Waals surface area contributed by atoms with E-state index in [0.717, 1.165) is 11.3 Å². The van der Waals surface area contributed by atoms with E-state index in [0.29, 0.717) is 29.9 Å². The lowest BCUT2D eigenvalue weighted by Gasteiger charge is -2.17. The van der Waals surface area contributed by atoms with Gasteiger partial charge in [-0.25, -0.2) is 13.4 Å². The van der Waals surface area contributed by atoms with Crippen LogP contribution in [-0.4, -0.2) is 38.2 Å². The summed E-state index contributed by atoms with van der Waals surface area (Å²) in [7, 11) is -3.36. The standard InChI is InChI=1S/C20H17F2N3O4S2/c21-19(22)29-17-8-2-1-7-15(17)16-12-30-20(23-16)24-18(26)13-5-3-6-14(11-13)25-9-4-10-31(25,27)28/h1-3,5-8,11-12,19H,4,9-10H2,(H,23,24,26). The summed E-state index contributed by atoms with van der Waals surface area (Å²) in [6.45, 7) is -2.59. The van der Waals surface area contributed by atoms with E-state index < -0.39 is 22.5 Å². The molecular formula is C20H17F2N3O4S2. The first kappa shape index (κ1) is 21.2. The minimum absolute atomic E-state index is 0.0137. The summed E-state index contributed by atoms with van der Waals surface area (Å²) >= 11 is 1.13. The number of hydrogen-bond donors (Lipinski definition) is 1. The Hall–Kier alpha value is -3.05. The summed E-state index contributed by atoms with van der Waals surface area (Å²) in [6.07, 6.45) is 0.539. The van der Waals surface area contributed by atoms with E-state index in [-0.39, 0.29) is 22.2 Å². The summed E-state index contributed by atoms with van der Waals surface area (Å²) in [5.41, 5.74) is 1.47. The second-order valence-corrected chi connectivity index (χ2v) is 9.53. The summed E-state index contributed by atoms with van der Waals surface area (Å²) in [5.74, 6) is -0.390. The van der Waals surface area contributed by atoms with Crippen molar-refractivity contribution in [1.82, 2.24) is 4.98 Å². The van der Waals surface area contributed by atoms with Crippen LogP contribution in [0.1, 0.15) is 16.8 Å². The van der Waals surface area contributed by atoms with Gasteiger partial charge in [0, 0.05) is 23.1 Å². The van der Waals surface area contributed by atoms with Crippen LogP contribution in [0.25, 0.3) is 11.3 Å². The molecule has 2 heterocycles. The summed E-state index contributed by atoms with van der Waals surface area (Å²) in [4.78, 5) is 17.0. The Balaban J connectivity index is 1.52. The number of anilines is 2. The lowest BCUT2D eigenvalue weighted by atomic mass is 10.1. The molecule has 2 aromatic carbocycles. The van der Waals surface area contributed by atoms with Crippen molar-refractivity contribution < 1.29 is 26.7 Å². The molecule has 0 saturated carbocycles. The zero-order valence-electron chi connectivity index (χ0n) is 16.0. The van der Waals surface area contributed by atoms with E-state index in [9.17, 15) is 22.0 Å². The molecule has 0 aliphatic carbocycles. The van der Waals surface area contributed by atoms with Crippen molar-refractivity contribution in [2.75, 3.05) is 21.9 Å². The number of para-hydroxylation sites is 1. The molecule has 7 nitrogen and oxygen atoms in total. The number of nitrogens with one attached hydrogen (secondary N) is 1. The van der Waals surface area contributed by atoms with Gasteiger partial charge in [-0.3, -0.25) is 14.4 Å². The number of rotatable bonds is 6. The molecule has 0 atom stereocenters. The van der Waals surface area contributed by atoms with Crippen LogP contribution in [0.2, 0.25) is 0 Å². The Labute approximate surface area is 181 Å². The summed E-state index contributed by atoms with van der Waals surface area (Å²) in [6, 6.07) is 12.6. The molecule has 0 bridgehead atoms. The highest BCUT2D eigenvalue weighted by Crippen LogP contribution is 2.33. The first-order valence-corrected chi connectivity index (χ1v) is 11.7. The first-order chi connectivity index (χ1) is 14.8. The van der Waals surface area contributed by atoms with Crippen LogP contribution in [0.3, 0.4) is 0 Å². The molecule has 1 aliphatic rings. The van der Waals surface area contributed by atoms with Gasteiger partial charge < -0.3 is 4.74 Å². The zero-order valence-corrected chi connectivity index (χ0v) is 17.6. The molecule has 3 aromatic rings. The number of halogens is 2. The van der Waals surface area contributed by atoms with E-state index in [1.807, 2.05) is 0 Å². The fourth-order valence-corrected chi connectivity index (χ4v) is 5.49. The molecule has 1 N–H and O–H groups in total. The number of carbonyl (C=O) groups excluding carboxylic acids is 1. The molecule has 0 spiro atoms. The number of sulfonamides is 1. The molecule has 1 amide bonds. The van der Waals surface area contributed by atoms with Crippen molar-refractivity contribution in [3.63, 3.8) is 0 Å². The van der Waals surface area contributed by atoms with Crippen molar-refractivity contribution in [1.29, 1.82) is 0 Å². The molecule has 1 aliphatic heterocycles. The number of hydrogen-bond acceptors (Lipinski definition) is 6. The topological polar surface area (TPSA) is 88.6 Å². The van der Waals surface area contributed by atoms with Gasteiger partial charge >= 0.3 is 6.61 Å². The number of thiazole rings is 1. The zero-order chi connectivity index (χ0) is 22.0. The maximum absolute atomic E-state index is 12.7. The van der Waals surface area contributed by atoms with Crippen LogP contribution >= 0.6 is 11.3 Å². The number of carbonyl (C=O) groups is 1. The highest BCUT2D eigenvalue weighted by atomic mass is 32.2. The monoisotopic (exact) mass is 465 g/mol. The third-order valence-electron chi connectivity index (χ3n) is 4.60. The normalized spacial score (nSPS) is 15.3. The lowest BCUT2D eigenvalue weighted by molar-refractivity contribution is -0.0494. The van der Waals surface area contributed by atoms with E-state index in [2.05, 4.69) is 15.0 Å². The maximum atomic E-state index is 12.7. The maximum Gasteiger partial charge on any atom is 0.387 e. The minimum Gasteiger partial charge on any atom is -0.434 e. The highest BCUT2D eigenvalue weighted by Gasteiger charge is 2.28. The second kappa shape index (κ2) is 8.60. The average molecular weight is 466 g/mol. The first-order valence-electron chi connectivity index (χ1n) is 9.25. The second-order valence-electron chi connectivity index (χ2n) is 6.66. The largest absolute Gasteiger partial charge is 0.434 e. The average Bonchev–Trinajstić information content (AvgIpc) is 3.33. The number of amides is 1. The van der Waals surface area contributed by atoms with Crippen LogP contribution < -0.4 is 14.4 Å². The fourth-order valence-electron chi connectivity index (χ4n) is 3.23. The van der Waals surface area contributed by atoms with Gasteiger partial charge in [-0.05, 0) is 36.8 Å². The molecular weight excluding hydrogens is 448 g/mol. The molecule has 0 unspecified atom stereocenters. The van der Waals surface area contributed by atoms with Crippen molar-refractivity contribution in [2.24, 2.45) is 0 Å². The quantitative estimate of drug-likeness (QED) is 0.589. The molecule has 11 heteroatoms. The molecule has 4 rings (SSSR count). The lowest BCUT2D eigenvalue weighted by Crippen LogP contribution is -2.25. The van der Waals surface area contributed by atoms with E-state index in [4.69, 9.17) is 0 Å². The van der Waals surface area contributed by atoms with E-state index >= 15 is 0 Å². The number of ether oxygens (including phenoxy) is 1. The Morgan fingerprint density at radius 3 is 2.74 bits per heavy atom. The Morgan fingerprint density at radius 2 is 2.00 bits per heavy atom. The molecule has 31 heavy (non-hydrogen) atoms. The predicted octanol–water partition coefficient (Wildman–Crippen LogP) is 4.20. The van der Waals surface area contributed by atoms with Crippen molar-refractivity contribution in [3.05, 3.63) is 59.5 Å². The van der Waals surface area contributed by atoms with Gasteiger partial charge in [0.05, 0.1) is 17.1 Å². The molecule has 1 aromatic heterocycles. The molecule has 1 fully saturated rings. The van der Waals surface area contributed by atoms with Gasteiger partial charge in [0.25, 0.3) is 5.91 Å². The highest BCUT2D eigenvalue weighted by molar-refractivity contribution is 7.93. The summed E-state index contributed by atoms with van der Waals surface area (Å²) in [5, 5.41) is 4.55. The summed E-state index contributed by atoms with van der Waals surface area (Å²) < 4.78 is 55.3. The smallest absolute Gasteiger partial charge is 0.387 e. The van der Waals surface area contributed by atoms with Crippen LogP contribution in [0.5, 0.6) is 5.75 Å². The SMILES string of the molecule is O=C(Nc1nc(-c2ccccc2OC(F)F)cs1)c1cccc(N2CCCS2(=O)=O)c1. The van der Waals surface area contributed by atoms with Crippen LogP contribution in [0.4, 0.5) is 19.6 Å². The van der Waals surface area contributed by atoms with E-state index in [1.54, 1.807) is 41.8 Å². The Bertz CT molecular complexity index is 1210. The van der Waals surface area contributed by atoms with E-state index in [1.165, 1.54) is 16.4 Å². The van der Waals surface area contributed by atoms with Crippen molar-refractivity contribution in [2.45, 2.75) is 13.0 Å². The number of aromatic nitrogens is 1. The Morgan fingerprint density at radius 1 is 1.19 bits per heavy atom. The number of alkyl halides is 2. The molecule has 0 radical (unpaired) electrons. The van der Waals surface area contributed by atoms with Crippen LogP contribution in [0.15, 0.2) is 53.9 Å². The fraction of sp³-hybridized carbons (Fsp3) is 0.200. The number of benzene rings is 2. The van der Waals surface area contributed by atoms with Gasteiger partial charge in [0.2, 0.25) is 10.0 Å². The van der Waals surface area contributed by atoms with Gasteiger partial charge in [-0.15, -0.1) is 11.3 Å². The van der Waals surface area contributed by atoms with Gasteiger partial charge in [-0.1, -0.05) is 18.2 Å². The third kappa shape index (κ3) is 4.67. The van der Waals surface area contributed by atoms with Gasteiger partial charge in [0.1, 0.15) is 5.75 Å². The van der Waals surface area contributed by atoms with Crippen LogP contribution in [-0.2, 0) is 10.0 Å². The molecule has 1 saturated heterocycles.